The fourth-order valence-electron chi connectivity index (χ4n) is 0.422. The molecule has 0 spiro atoms. The summed E-state index contributed by atoms with van der Waals surface area (Å²) in [4.78, 5) is 13.2. The molecule has 0 saturated heterocycles. The zero-order valence-electron chi connectivity index (χ0n) is 5.36. The van der Waals surface area contributed by atoms with E-state index in [4.69, 9.17) is 9.90 Å². The summed E-state index contributed by atoms with van der Waals surface area (Å²) in [6, 6.07) is 0. The van der Waals surface area contributed by atoms with Gasteiger partial charge in [0.15, 0.2) is 6.34 Å². The van der Waals surface area contributed by atoms with Gasteiger partial charge in [-0.25, -0.2) is 9.89 Å². The van der Waals surface area contributed by atoms with E-state index in [0.717, 1.165) is 4.90 Å². The van der Waals surface area contributed by atoms with Gasteiger partial charge in [-0.15, -0.1) is 0 Å². The molecule has 1 rings (SSSR count). The maximum atomic E-state index is 8.25. The topological polar surface area (TPSA) is 56.9 Å². The van der Waals surface area contributed by atoms with Gasteiger partial charge in [-0.3, -0.25) is 0 Å². The maximum absolute atomic E-state index is 8.25. The molecule has 54 valence electrons. The van der Waals surface area contributed by atoms with Crippen LogP contribution in [0.15, 0.2) is 30.2 Å². The van der Waals surface area contributed by atoms with E-state index in [-0.39, 0.29) is 0 Å². The van der Waals surface area contributed by atoms with Crippen molar-refractivity contribution in [2.24, 2.45) is 4.99 Å². The van der Waals surface area contributed by atoms with E-state index in [1.54, 1.807) is 18.7 Å². The van der Waals surface area contributed by atoms with Crippen molar-refractivity contribution in [1.29, 1.82) is 0 Å². The first-order valence-corrected chi connectivity index (χ1v) is 2.60. The van der Waals surface area contributed by atoms with Gasteiger partial charge in [0, 0.05) is 6.47 Å². The van der Waals surface area contributed by atoms with Crippen molar-refractivity contribution in [2.45, 2.75) is 0 Å². The zero-order chi connectivity index (χ0) is 7.82. The lowest BCUT2D eigenvalue weighted by Gasteiger charge is -1.89. The largest absolute Gasteiger partial charge is 0.554 e. The van der Waals surface area contributed by atoms with E-state index in [0.29, 0.717) is 0 Å². The second-order valence-corrected chi connectivity index (χ2v) is 1.39. The van der Waals surface area contributed by atoms with Gasteiger partial charge in [0.1, 0.15) is 6.20 Å². The van der Waals surface area contributed by atoms with Gasteiger partial charge in [0.05, 0.1) is 12.4 Å². The molecule has 0 fully saturated rings. The average Bonchev–Trinajstić information content (AvgIpc) is 2.39. The Morgan fingerprint density at radius 2 is 2.30 bits per heavy atom. The molecule has 1 atom stereocenters. The van der Waals surface area contributed by atoms with Crippen molar-refractivity contribution in [3.8, 4) is 0 Å². The molecule has 1 aliphatic heterocycles. The molecule has 1 N–H and O–H groups in total. The monoisotopic (exact) mass is 140 g/mol. The number of quaternary nitrogens is 1. The van der Waals surface area contributed by atoms with E-state index in [2.05, 4.69) is 11.6 Å². The Balaban J connectivity index is 0.000000236. The minimum absolute atomic E-state index is 0.500. The van der Waals surface area contributed by atoms with Gasteiger partial charge in [-0.1, -0.05) is 0 Å². The molecule has 0 radical (unpaired) electrons. The van der Waals surface area contributed by atoms with Crippen LogP contribution >= 0.6 is 0 Å². The predicted molar refractivity (Wildman–Crippen MR) is 34.9 cm³/mol. The Morgan fingerprint density at radius 3 is 2.50 bits per heavy atom. The van der Waals surface area contributed by atoms with Crippen LogP contribution in [0.4, 0.5) is 0 Å². The molecular formula is C6H8N2O2. The smallest absolute Gasteiger partial charge is 0.197 e. The third kappa shape index (κ3) is 3.57. The third-order valence-electron chi connectivity index (χ3n) is 0.812. The Kier molecular flexibility index (Phi) is 4.90. The van der Waals surface area contributed by atoms with Crippen LogP contribution < -0.4 is 10.0 Å². The van der Waals surface area contributed by atoms with Crippen molar-refractivity contribution in [3.05, 3.63) is 25.2 Å². The van der Waals surface area contributed by atoms with Crippen LogP contribution in [0.2, 0.25) is 0 Å². The van der Waals surface area contributed by atoms with Crippen molar-refractivity contribution < 1.29 is 14.8 Å². The van der Waals surface area contributed by atoms with Crippen LogP contribution in [0, 0.1) is 0 Å². The maximum Gasteiger partial charge on any atom is 0.197 e. The van der Waals surface area contributed by atoms with Gasteiger partial charge in [-0.2, -0.15) is 0 Å². The van der Waals surface area contributed by atoms with Crippen LogP contribution in [0.5, 0.6) is 0 Å². The molecule has 0 bridgehead atoms. The third-order valence-corrected chi connectivity index (χ3v) is 0.812. The molecule has 0 aromatic rings. The number of carbonyl (C=O) groups excluding carboxylic acids is 1. The van der Waals surface area contributed by atoms with Crippen LogP contribution in [-0.4, -0.2) is 12.8 Å². The van der Waals surface area contributed by atoms with E-state index in [1.165, 1.54) is 0 Å². The number of carbonyl (C=O) groups is 1. The van der Waals surface area contributed by atoms with Crippen molar-refractivity contribution >= 4 is 12.8 Å². The minimum atomic E-state index is -0.500. The summed E-state index contributed by atoms with van der Waals surface area (Å²) in [5.74, 6) is 0. The number of rotatable bonds is 1. The van der Waals surface area contributed by atoms with Crippen LogP contribution in [-0.2, 0) is 4.79 Å². The molecule has 0 amide bonds. The first-order valence-electron chi connectivity index (χ1n) is 2.60. The summed E-state index contributed by atoms with van der Waals surface area (Å²) < 4.78 is 0. The molecule has 1 heterocycles. The average molecular weight is 140 g/mol. The zero-order valence-corrected chi connectivity index (χ0v) is 5.36. The van der Waals surface area contributed by atoms with Crippen molar-refractivity contribution in [2.75, 3.05) is 0 Å². The standard InChI is InChI=1S/C5H6N2.CH2O2/c1-2-7-4-3-6-5-7;2-1-3/h2-5H,1H2;1H,(H,2,3). The van der Waals surface area contributed by atoms with Crippen molar-refractivity contribution in [1.82, 2.24) is 0 Å². The summed E-state index contributed by atoms with van der Waals surface area (Å²) in [6.07, 6.45) is 7.20. The van der Waals surface area contributed by atoms with Gasteiger partial charge in [0.25, 0.3) is 0 Å². The van der Waals surface area contributed by atoms with E-state index in [1.807, 2.05) is 6.20 Å². The molecule has 1 aliphatic rings. The number of carboxylic acid groups (broad SMARTS) is 1. The highest BCUT2D eigenvalue weighted by molar-refractivity contribution is 5.47. The van der Waals surface area contributed by atoms with E-state index < -0.39 is 6.47 Å². The highest BCUT2D eigenvalue weighted by atomic mass is 16.3. The lowest BCUT2D eigenvalue weighted by atomic mass is 10.8. The SMILES string of the molecule is C=C[NH+]1C=CN=C1.O=C[O-]. The number of aliphatic imine (C=N–C) groups is 1. The summed E-state index contributed by atoms with van der Waals surface area (Å²) >= 11 is 0. The highest BCUT2D eigenvalue weighted by Gasteiger charge is 1.95. The molecule has 0 aliphatic carbocycles. The van der Waals surface area contributed by atoms with Gasteiger partial charge in [0.2, 0.25) is 0 Å². The second-order valence-electron chi connectivity index (χ2n) is 1.39. The molecular weight excluding hydrogens is 132 g/mol. The Morgan fingerprint density at radius 1 is 1.70 bits per heavy atom. The van der Waals surface area contributed by atoms with Crippen LogP contribution in [0.25, 0.3) is 0 Å². The highest BCUT2D eigenvalue weighted by Crippen LogP contribution is 1.68. The molecule has 4 nitrogen and oxygen atoms in total. The number of nitrogens with zero attached hydrogens (tertiary/aromatic N) is 1. The molecule has 0 aromatic carbocycles. The summed E-state index contributed by atoms with van der Waals surface area (Å²) in [5.41, 5.74) is 0. The number of nitrogens with one attached hydrogen (secondary N) is 1. The first kappa shape index (κ1) is 8.58. The van der Waals surface area contributed by atoms with Crippen molar-refractivity contribution in [3.63, 3.8) is 0 Å². The molecule has 4 heteroatoms. The second kappa shape index (κ2) is 5.71. The van der Waals surface area contributed by atoms with Gasteiger partial charge >= 0.3 is 0 Å². The minimum Gasteiger partial charge on any atom is -0.554 e. The summed E-state index contributed by atoms with van der Waals surface area (Å²) in [7, 11) is 0. The van der Waals surface area contributed by atoms with E-state index >= 15 is 0 Å². The summed E-state index contributed by atoms with van der Waals surface area (Å²) in [6.45, 7) is 3.06. The normalized spacial score (nSPS) is 19.4. The molecule has 0 aromatic heterocycles. The lowest BCUT2D eigenvalue weighted by Crippen LogP contribution is -3.00. The van der Waals surface area contributed by atoms with Crippen LogP contribution in [0.3, 0.4) is 0 Å². The fourth-order valence-corrected chi connectivity index (χ4v) is 0.422. The van der Waals surface area contributed by atoms with Gasteiger partial charge < -0.3 is 9.90 Å². The Hall–Kier alpha value is -1.42. The Labute approximate surface area is 58.8 Å². The molecule has 10 heavy (non-hydrogen) atoms. The van der Waals surface area contributed by atoms with Gasteiger partial charge in [-0.05, 0) is 6.58 Å². The predicted octanol–water partition coefficient (Wildman–Crippen LogP) is -2.11. The number of hydrogen-bond acceptors (Lipinski definition) is 3. The Bertz CT molecular complexity index is 151. The molecule has 0 saturated carbocycles. The first-order chi connectivity index (χ1) is 4.85. The number of hydrogen-bond donors (Lipinski definition) is 1. The van der Waals surface area contributed by atoms with E-state index in [9.17, 15) is 0 Å². The molecule has 1 unspecified atom stereocenters. The summed E-state index contributed by atoms with van der Waals surface area (Å²) in [5, 5.41) is 8.25. The fraction of sp³-hybridized carbons (Fsp3) is 0. The van der Waals surface area contributed by atoms with Crippen LogP contribution in [0.1, 0.15) is 0 Å². The lowest BCUT2D eigenvalue weighted by molar-refractivity contribution is -0.670. The quantitative estimate of drug-likeness (QED) is 0.424.